The highest BCUT2D eigenvalue weighted by Crippen LogP contribution is 2.30. The number of hydrogen-bond acceptors (Lipinski definition) is 4. The maximum Gasteiger partial charge on any atom is 0.194 e. The first-order valence-corrected chi connectivity index (χ1v) is 8.76. The molecule has 0 saturated carbocycles. The number of nitrogens with one attached hydrogen (secondary N) is 1. The first kappa shape index (κ1) is 17.4. The van der Waals surface area contributed by atoms with Crippen LogP contribution in [0.2, 0.25) is 0 Å². The van der Waals surface area contributed by atoms with Crippen LogP contribution < -0.4 is 10.1 Å². The highest BCUT2D eigenvalue weighted by atomic mass is 32.2. The maximum absolute atomic E-state index is 12.4. The summed E-state index contributed by atoms with van der Waals surface area (Å²) in [6, 6.07) is 17.8. The van der Waals surface area contributed by atoms with E-state index in [1.165, 1.54) is 11.8 Å². The van der Waals surface area contributed by atoms with Crippen molar-refractivity contribution in [2.24, 2.45) is 5.92 Å². The van der Waals surface area contributed by atoms with Crippen LogP contribution in [-0.4, -0.2) is 18.0 Å². The zero-order valence-corrected chi connectivity index (χ0v) is 14.6. The van der Waals surface area contributed by atoms with Gasteiger partial charge in [0, 0.05) is 11.6 Å². The standard InChI is InChI=1S/C19H23NO2S/c1-4-23-19(21)14(2)18(15-8-6-5-7-9-15)20-16-10-12-17(22-3)13-11-16/h5-14,18,20H,4H2,1-3H3/t14-,18?/m0/s1. The molecule has 2 rings (SSSR count). The van der Waals surface area contributed by atoms with Crippen LogP contribution in [0.25, 0.3) is 0 Å². The fraction of sp³-hybridized carbons (Fsp3) is 0.316. The molecule has 0 spiro atoms. The Morgan fingerprint density at radius 2 is 1.78 bits per heavy atom. The lowest BCUT2D eigenvalue weighted by Crippen LogP contribution is -2.24. The molecule has 0 aliphatic heterocycles. The monoisotopic (exact) mass is 329 g/mol. The Balaban J connectivity index is 2.24. The largest absolute Gasteiger partial charge is 0.497 e. The highest BCUT2D eigenvalue weighted by Gasteiger charge is 2.25. The molecule has 0 fully saturated rings. The lowest BCUT2D eigenvalue weighted by Gasteiger charge is -2.25. The van der Waals surface area contributed by atoms with Crippen molar-refractivity contribution in [1.82, 2.24) is 0 Å². The molecule has 0 aromatic heterocycles. The molecule has 1 unspecified atom stereocenters. The molecule has 1 N–H and O–H groups in total. The summed E-state index contributed by atoms with van der Waals surface area (Å²) in [5.41, 5.74) is 2.08. The maximum atomic E-state index is 12.4. The second kappa shape index (κ2) is 8.63. The van der Waals surface area contributed by atoms with Gasteiger partial charge in [-0.1, -0.05) is 55.9 Å². The predicted molar refractivity (Wildman–Crippen MR) is 98.1 cm³/mol. The molecule has 23 heavy (non-hydrogen) atoms. The third-order valence-corrected chi connectivity index (χ3v) is 4.67. The average Bonchev–Trinajstić information content (AvgIpc) is 2.60. The van der Waals surface area contributed by atoms with E-state index in [9.17, 15) is 4.79 Å². The Kier molecular flexibility index (Phi) is 6.53. The van der Waals surface area contributed by atoms with E-state index in [-0.39, 0.29) is 17.1 Å². The van der Waals surface area contributed by atoms with Gasteiger partial charge in [0.25, 0.3) is 0 Å². The van der Waals surface area contributed by atoms with Crippen molar-refractivity contribution in [1.29, 1.82) is 0 Å². The molecule has 0 bridgehead atoms. The van der Waals surface area contributed by atoms with Crippen LogP contribution in [-0.2, 0) is 4.79 Å². The summed E-state index contributed by atoms with van der Waals surface area (Å²) >= 11 is 1.38. The van der Waals surface area contributed by atoms with E-state index in [4.69, 9.17) is 4.74 Å². The average molecular weight is 329 g/mol. The lowest BCUT2D eigenvalue weighted by molar-refractivity contribution is -0.114. The molecular formula is C19H23NO2S. The molecule has 0 amide bonds. The Morgan fingerprint density at radius 3 is 2.35 bits per heavy atom. The number of rotatable bonds is 7. The molecule has 3 nitrogen and oxygen atoms in total. The van der Waals surface area contributed by atoms with Gasteiger partial charge in [0.1, 0.15) is 5.75 Å². The highest BCUT2D eigenvalue weighted by molar-refractivity contribution is 8.13. The summed E-state index contributed by atoms with van der Waals surface area (Å²) < 4.78 is 5.19. The van der Waals surface area contributed by atoms with Crippen molar-refractivity contribution in [2.75, 3.05) is 18.2 Å². The van der Waals surface area contributed by atoms with Crippen molar-refractivity contribution in [2.45, 2.75) is 19.9 Å². The van der Waals surface area contributed by atoms with E-state index in [2.05, 4.69) is 17.4 Å². The Bertz CT molecular complexity index is 613. The van der Waals surface area contributed by atoms with Gasteiger partial charge in [0.2, 0.25) is 0 Å². The third kappa shape index (κ3) is 4.76. The molecule has 4 heteroatoms. The summed E-state index contributed by atoms with van der Waals surface area (Å²) in [5, 5.41) is 3.71. The van der Waals surface area contributed by atoms with Crippen LogP contribution in [0.1, 0.15) is 25.5 Å². The first-order valence-electron chi connectivity index (χ1n) is 7.78. The molecule has 0 aliphatic rings. The van der Waals surface area contributed by atoms with Gasteiger partial charge in [-0.2, -0.15) is 0 Å². The number of ether oxygens (including phenoxy) is 1. The minimum Gasteiger partial charge on any atom is -0.497 e. The number of carbonyl (C=O) groups excluding carboxylic acids is 1. The third-order valence-electron chi connectivity index (χ3n) is 3.73. The van der Waals surface area contributed by atoms with Crippen molar-refractivity contribution in [3.63, 3.8) is 0 Å². The molecular weight excluding hydrogens is 306 g/mol. The number of carbonyl (C=O) groups is 1. The zero-order valence-electron chi connectivity index (χ0n) is 13.8. The number of methoxy groups -OCH3 is 1. The summed E-state index contributed by atoms with van der Waals surface area (Å²) in [4.78, 5) is 12.4. The number of anilines is 1. The number of hydrogen-bond donors (Lipinski definition) is 1. The van der Waals surface area contributed by atoms with E-state index < -0.39 is 0 Å². The van der Waals surface area contributed by atoms with Crippen LogP contribution in [0.4, 0.5) is 5.69 Å². The van der Waals surface area contributed by atoms with Crippen molar-refractivity contribution in [3.05, 3.63) is 60.2 Å². The van der Waals surface area contributed by atoms with Crippen LogP contribution in [0.15, 0.2) is 54.6 Å². The van der Waals surface area contributed by atoms with Gasteiger partial charge in [0.05, 0.1) is 13.2 Å². The summed E-state index contributed by atoms with van der Waals surface area (Å²) in [5.74, 6) is 1.50. The lowest BCUT2D eigenvalue weighted by atomic mass is 9.95. The first-order chi connectivity index (χ1) is 11.2. The van der Waals surface area contributed by atoms with E-state index in [1.54, 1.807) is 7.11 Å². The molecule has 2 aromatic carbocycles. The van der Waals surface area contributed by atoms with Crippen LogP contribution in [0.3, 0.4) is 0 Å². The second-order valence-electron chi connectivity index (χ2n) is 5.30. The second-order valence-corrected chi connectivity index (χ2v) is 6.57. The van der Waals surface area contributed by atoms with Crippen molar-refractivity contribution >= 4 is 22.6 Å². The minimum absolute atomic E-state index is 0.0591. The SMILES string of the molecule is CCSC(=O)[C@@H](C)C(Nc1ccc(OC)cc1)c1ccccc1. The smallest absolute Gasteiger partial charge is 0.194 e. The molecule has 0 heterocycles. The molecule has 0 saturated heterocycles. The van der Waals surface area contributed by atoms with Crippen LogP contribution >= 0.6 is 11.8 Å². The van der Waals surface area contributed by atoms with Gasteiger partial charge in [-0.25, -0.2) is 0 Å². The van der Waals surface area contributed by atoms with E-state index >= 15 is 0 Å². The number of benzene rings is 2. The van der Waals surface area contributed by atoms with E-state index in [0.717, 1.165) is 22.8 Å². The van der Waals surface area contributed by atoms with Gasteiger partial charge >= 0.3 is 0 Å². The van der Waals surface area contributed by atoms with Crippen LogP contribution in [0, 0.1) is 5.92 Å². The Morgan fingerprint density at radius 1 is 1.13 bits per heavy atom. The molecule has 122 valence electrons. The van der Waals surface area contributed by atoms with Gasteiger partial charge in [-0.3, -0.25) is 4.79 Å². The normalized spacial score (nSPS) is 13.2. The number of thioether (sulfide) groups is 1. The predicted octanol–water partition coefficient (Wildman–Crippen LogP) is 4.76. The van der Waals surface area contributed by atoms with Gasteiger partial charge in [-0.15, -0.1) is 0 Å². The van der Waals surface area contributed by atoms with Crippen molar-refractivity contribution < 1.29 is 9.53 Å². The fourth-order valence-corrected chi connectivity index (χ4v) is 3.12. The van der Waals surface area contributed by atoms with Crippen molar-refractivity contribution in [3.8, 4) is 5.75 Å². The molecule has 0 radical (unpaired) electrons. The Labute approximate surface area is 142 Å². The van der Waals surface area contributed by atoms with Gasteiger partial charge < -0.3 is 10.1 Å². The fourth-order valence-electron chi connectivity index (χ4n) is 2.43. The summed E-state index contributed by atoms with van der Waals surface area (Å²) in [6.07, 6.45) is 0. The molecule has 2 atom stereocenters. The van der Waals surface area contributed by atoms with E-state index in [1.807, 2.05) is 56.3 Å². The van der Waals surface area contributed by atoms with Gasteiger partial charge in [0.15, 0.2) is 5.12 Å². The van der Waals surface area contributed by atoms with E-state index in [0.29, 0.717) is 0 Å². The molecule has 0 aliphatic carbocycles. The molecule has 2 aromatic rings. The minimum atomic E-state index is -0.121. The zero-order chi connectivity index (χ0) is 16.7. The summed E-state index contributed by atoms with van der Waals surface area (Å²) in [6.45, 7) is 3.99. The van der Waals surface area contributed by atoms with Gasteiger partial charge in [-0.05, 0) is 35.6 Å². The van der Waals surface area contributed by atoms with Crippen LogP contribution in [0.5, 0.6) is 5.75 Å². The Hall–Kier alpha value is -1.94. The summed E-state index contributed by atoms with van der Waals surface area (Å²) in [7, 11) is 1.65. The topological polar surface area (TPSA) is 38.3 Å². The quantitative estimate of drug-likeness (QED) is 0.794.